The minimum Gasteiger partial charge on any atom is -0.462 e. The van der Waals surface area contributed by atoms with Crippen molar-refractivity contribution >= 4 is 19.8 Å². The molecule has 0 aliphatic heterocycles. The molecule has 9 nitrogen and oxygen atoms in total. The highest BCUT2D eigenvalue weighted by Crippen LogP contribution is 2.43. The Morgan fingerprint density at radius 3 is 1.22 bits per heavy atom. The summed E-state index contributed by atoms with van der Waals surface area (Å²) in [5, 5.41) is 0. The average molecular weight is 958 g/mol. The summed E-state index contributed by atoms with van der Waals surface area (Å²) in [6.07, 6.45) is 67.6. The number of nitrogens with two attached hydrogens (primary N) is 1. The van der Waals surface area contributed by atoms with E-state index in [4.69, 9.17) is 24.3 Å². The van der Waals surface area contributed by atoms with Crippen molar-refractivity contribution in [1.82, 2.24) is 0 Å². The van der Waals surface area contributed by atoms with Crippen LogP contribution in [0, 0.1) is 0 Å². The van der Waals surface area contributed by atoms with Gasteiger partial charge in [-0.1, -0.05) is 214 Å². The van der Waals surface area contributed by atoms with E-state index >= 15 is 0 Å². The van der Waals surface area contributed by atoms with Crippen LogP contribution in [0.5, 0.6) is 0 Å². The predicted molar refractivity (Wildman–Crippen MR) is 284 cm³/mol. The zero-order chi connectivity index (χ0) is 48.8. The molecule has 67 heavy (non-hydrogen) atoms. The van der Waals surface area contributed by atoms with E-state index in [9.17, 15) is 19.0 Å². The van der Waals surface area contributed by atoms with Crippen molar-refractivity contribution < 1.29 is 37.6 Å². The molecule has 0 aromatic rings. The maximum Gasteiger partial charge on any atom is 0.472 e. The second-order valence-electron chi connectivity index (χ2n) is 17.7. The summed E-state index contributed by atoms with van der Waals surface area (Å²) in [6, 6.07) is 0. The Morgan fingerprint density at radius 2 is 0.821 bits per heavy atom. The number of unbranched alkanes of at least 4 members (excludes halogenated alkanes) is 23. The van der Waals surface area contributed by atoms with E-state index in [2.05, 4.69) is 98.9 Å². The third-order valence-electron chi connectivity index (χ3n) is 11.3. The number of carbonyl (C=O) groups excluding carboxylic acids is 2. The van der Waals surface area contributed by atoms with Gasteiger partial charge in [0.25, 0.3) is 0 Å². The fraction of sp³-hybridized carbons (Fsp3) is 0.719. The molecule has 0 heterocycles. The lowest BCUT2D eigenvalue weighted by Gasteiger charge is -2.19. The van der Waals surface area contributed by atoms with Gasteiger partial charge in [0.2, 0.25) is 0 Å². The molecular formula is C57H100NO8P. The van der Waals surface area contributed by atoms with Crippen LogP contribution in [0.15, 0.2) is 85.1 Å². The monoisotopic (exact) mass is 958 g/mol. The number of hydrogen-bond donors (Lipinski definition) is 2. The number of hydrogen-bond acceptors (Lipinski definition) is 8. The van der Waals surface area contributed by atoms with Crippen molar-refractivity contribution in [3.8, 4) is 0 Å². The minimum atomic E-state index is -4.39. The Morgan fingerprint density at radius 1 is 0.463 bits per heavy atom. The van der Waals surface area contributed by atoms with Crippen LogP contribution in [0.1, 0.15) is 232 Å². The van der Waals surface area contributed by atoms with Gasteiger partial charge < -0.3 is 20.1 Å². The zero-order valence-electron chi connectivity index (χ0n) is 42.9. The van der Waals surface area contributed by atoms with Crippen LogP contribution in [0.3, 0.4) is 0 Å². The SMILES string of the molecule is CC/C=C\C/C=C\C/C=C\C/C=C\CCCCCCCCCCCCCCC(=O)OC(COC(=O)CCCCCCCC/C=C\C/C=C\C/C=C\CCCCCCC)COP(=O)(O)OCCN. The van der Waals surface area contributed by atoms with E-state index in [0.29, 0.717) is 12.8 Å². The summed E-state index contributed by atoms with van der Waals surface area (Å²) >= 11 is 0. The largest absolute Gasteiger partial charge is 0.472 e. The van der Waals surface area contributed by atoms with Gasteiger partial charge in [-0.05, 0) is 89.9 Å². The number of carbonyl (C=O) groups is 2. The van der Waals surface area contributed by atoms with Crippen LogP contribution >= 0.6 is 7.82 Å². The summed E-state index contributed by atoms with van der Waals surface area (Å²) in [7, 11) is -4.39. The van der Waals surface area contributed by atoms with Gasteiger partial charge in [0, 0.05) is 19.4 Å². The first-order chi connectivity index (χ1) is 32.8. The fourth-order valence-corrected chi connectivity index (χ4v) is 8.05. The summed E-state index contributed by atoms with van der Waals surface area (Å²) in [4.78, 5) is 35.1. The van der Waals surface area contributed by atoms with E-state index < -0.39 is 32.5 Å². The van der Waals surface area contributed by atoms with Gasteiger partial charge in [0.1, 0.15) is 6.61 Å². The van der Waals surface area contributed by atoms with Gasteiger partial charge >= 0.3 is 19.8 Å². The number of phosphoric ester groups is 1. The molecule has 0 aromatic carbocycles. The Balaban J connectivity index is 4.06. The Kier molecular flexibility index (Phi) is 50.4. The number of allylic oxidation sites excluding steroid dienone is 14. The number of phosphoric acid groups is 1. The van der Waals surface area contributed by atoms with Crippen LogP contribution in [-0.2, 0) is 32.7 Å². The van der Waals surface area contributed by atoms with Crippen LogP contribution < -0.4 is 5.73 Å². The first-order valence-corrected chi connectivity index (χ1v) is 28.6. The van der Waals surface area contributed by atoms with Crippen molar-refractivity contribution in [2.24, 2.45) is 5.73 Å². The predicted octanol–water partition coefficient (Wildman–Crippen LogP) is 16.7. The Labute approximate surface area is 411 Å². The zero-order valence-corrected chi connectivity index (χ0v) is 43.8. The quantitative estimate of drug-likeness (QED) is 0.0264. The number of rotatable bonds is 50. The molecule has 0 spiro atoms. The molecule has 2 atom stereocenters. The van der Waals surface area contributed by atoms with Gasteiger partial charge in [-0.25, -0.2) is 4.57 Å². The van der Waals surface area contributed by atoms with Gasteiger partial charge in [0.15, 0.2) is 6.10 Å². The smallest absolute Gasteiger partial charge is 0.462 e. The van der Waals surface area contributed by atoms with Gasteiger partial charge in [0.05, 0.1) is 13.2 Å². The van der Waals surface area contributed by atoms with E-state index in [1.54, 1.807) is 0 Å². The summed E-state index contributed by atoms with van der Waals surface area (Å²) in [5.74, 6) is -0.845. The molecule has 0 saturated heterocycles. The second-order valence-corrected chi connectivity index (χ2v) is 19.2. The topological polar surface area (TPSA) is 134 Å². The van der Waals surface area contributed by atoms with Gasteiger partial charge in [-0.15, -0.1) is 0 Å². The second kappa shape index (κ2) is 52.6. The molecule has 3 N–H and O–H groups in total. The molecule has 0 aliphatic rings. The van der Waals surface area contributed by atoms with Crippen molar-refractivity contribution in [2.75, 3.05) is 26.4 Å². The molecule has 0 aromatic heterocycles. The van der Waals surface area contributed by atoms with Crippen LogP contribution in [0.2, 0.25) is 0 Å². The van der Waals surface area contributed by atoms with Crippen LogP contribution in [0.25, 0.3) is 0 Å². The minimum absolute atomic E-state index is 0.0475. The lowest BCUT2D eigenvalue weighted by molar-refractivity contribution is -0.161. The molecule has 0 aliphatic carbocycles. The fourth-order valence-electron chi connectivity index (χ4n) is 7.28. The van der Waals surface area contributed by atoms with Crippen molar-refractivity contribution in [2.45, 2.75) is 238 Å². The van der Waals surface area contributed by atoms with Gasteiger partial charge in [-0.3, -0.25) is 18.6 Å². The molecule has 0 bridgehead atoms. The molecule has 10 heteroatoms. The van der Waals surface area contributed by atoms with Crippen LogP contribution in [0.4, 0.5) is 0 Å². The lowest BCUT2D eigenvalue weighted by atomic mass is 10.0. The highest BCUT2D eigenvalue weighted by Gasteiger charge is 2.26. The molecule has 0 fully saturated rings. The standard InChI is InChI=1S/C57H100NO8P/c1-3-5-7-9-11-13-15-17-19-21-23-25-26-27-28-30-32-34-36-38-40-42-44-46-48-50-57(60)66-55(54-65-67(61,62)64-52-51-58)53-63-56(59)49-47-45-43-41-39-37-35-33-31-29-24-22-20-18-16-14-12-10-8-6-4-2/h5,7,11,13,16-19,22-25,31,33,55H,3-4,6,8-10,12,14-15,20-21,26-30,32,34-54,58H2,1-2H3,(H,61,62)/b7-5-,13-11-,18-16-,19-17-,24-22-,25-23-,33-31-. The normalized spacial score (nSPS) is 13.8. The summed E-state index contributed by atoms with van der Waals surface area (Å²) in [6.45, 7) is 3.61. The Bertz CT molecular complexity index is 1370. The van der Waals surface area contributed by atoms with Crippen molar-refractivity contribution in [1.29, 1.82) is 0 Å². The maximum absolute atomic E-state index is 12.7. The average Bonchev–Trinajstić information content (AvgIpc) is 3.32. The van der Waals surface area contributed by atoms with E-state index in [0.717, 1.165) is 83.5 Å². The molecule has 0 saturated carbocycles. The molecular weight excluding hydrogens is 858 g/mol. The lowest BCUT2D eigenvalue weighted by Crippen LogP contribution is -2.29. The van der Waals surface area contributed by atoms with E-state index in [-0.39, 0.29) is 32.6 Å². The first-order valence-electron chi connectivity index (χ1n) is 27.1. The highest BCUT2D eigenvalue weighted by atomic mass is 31.2. The molecule has 0 rings (SSSR count). The third kappa shape index (κ3) is 52.4. The number of ether oxygens (including phenoxy) is 2. The summed E-state index contributed by atoms with van der Waals surface area (Å²) in [5.41, 5.74) is 5.37. The van der Waals surface area contributed by atoms with E-state index in [1.807, 2.05) is 0 Å². The Hall–Kier alpha value is -2.81. The highest BCUT2D eigenvalue weighted by molar-refractivity contribution is 7.47. The molecule has 0 radical (unpaired) electrons. The molecule has 386 valence electrons. The molecule has 0 amide bonds. The summed E-state index contributed by atoms with van der Waals surface area (Å²) < 4.78 is 33.0. The van der Waals surface area contributed by atoms with Gasteiger partial charge in [-0.2, -0.15) is 0 Å². The number of esters is 2. The molecule has 2 unspecified atom stereocenters. The van der Waals surface area contributed by atoms with Crippen molar-refractivity contribution in [3.05, 3.63) is 85.1 Å². The van der Waals surface area contributed by atoms with Crippen LogP contribution in [-0.4, -0.2) is 49.3 Å². The third-order valence-corrected chi connectivity index (χ3v) is 12.2. The van der Waals surface area contributed by atoms with E-state index in [1.165, 1.54) is 109 Å². The first kappa shape index (κ1) is 64.2. The van der Waals surface area contributed by atoms with Crippen molar-refractivity contribution in [3.63, 3.8) is 0 Å². The maximum atomic E-state index is 12.7.